The average molecular weight is 688 g/mol. The van der Waals surface area contributed by atoms with Crippen LogP contribution in [0.5, 0.6) is 0 Å². The second kappa shape index (κ2) is 18.2. The van der Waals surface area contributed by atoms with Crippen molar-refractivity contribution in [3.63, 3.8) is 0 Å². The lowest BCUT2D eigenvalue weighted by atomic mass is 9.82. The number of fused-ring (bicyclic) bond motifs is 1. The number of hydrogen-bond donors (Lipinski definition) is 4. The number of ether oxygens (including phenoxy) is 1. The molecule has 2 aliphatic rings. The fraction of sp³-hybridized carbons (Fsp3) is 0.564. The van der Waals surface area contributed by atoms with Gasteiger partial charge in [0, 0.05) is 50.2 Å². The number of nitrogens with zero attached hydrogens (tertiary/aromatic N) is 2. The minimum absolute atomic E-state index is 0.0201. The number of H-pyrrole nitrogens is 1. The van der Waals surface area contributed by atoms with Gasteiger partial charge in [0.2, 0.25) is 17.7 Å². The Morgan fingerprint density at radius 1 is 0.940 bits per heavy atom. The van der Waals surface area contributed by atoms with E-state index in [0.29, 0.717) is 50.8 Å². The molecule has 2 fully saturated rings. The zero-order valence-electron chi connectivity index (χ0n) is 29.4. The van der Waals surface area contributed by atoms with Gasteiger partial charge in [0.25, 0.3) is 0 Å². The molecule has 0 radical (unpaired) electrons. The summed E-state index contributed by atoms with van der Waals surface area (Å²) in [5.41, 5.74) is 1.60. The lowest BCUT2D eigenvalue weighted by Gasteiger charge is -2.32. The van der Waals surface area contributed by atoms with E-state index in [0.717, 1.165) is 42.0 Å². The number of aromatic amines is 1. The minimum Gasteiger partial charge on any atom is -0.391 e. The molecule has 11 nitrogen and oxygen atoms in total. The Morgan fingerprint density at radius 3 is 2.40 bits per heavy atom. The van der Waals surface area contributed by atoms with Gasteiger partial charge in [0.15, 0.2) is 0 Å². The third-order valence-corrected chi connectivity index (χ3v) is 10.3. The first kappa shape index (κ1) is 37.2. The number of nitrogens with one attached hydrogen (secondary N) is 3. The summed E-state index contributed by atoms with van der Waals surface area (Å²) < 4.78 is 5.44. The van der Waals surface area contributed by atoms with Crippen molar-refractivity contribution in [3.05, 3.63) is 66.2 Å². The third-order valence-electron chi connectivity index (χ3n) is 10.3. The number of aliphatic hydroxyl groups is 1. The summed E-state index contributed by atoms with van der Waals surface area (Å²) in [5.74, 6) is -1.71. The number of aromatic nitrogens is 2. The van der Waals surface area contributed by atoms with E-state index in [-0.39, 0.29) is 36.9 Å². The smallest absolute Gasteiger partial charge is 0.243 e. The van der Waals surface area contributed by atoms with Crippen LogP contribution in [0, 0.1) is 17.8 Å². The van der Waals surface area contributed by atoms with Gasteiger partial charge in [0.1, 0.15) is 11.8 Å². The molecule has 2 unspecified atom stereocenters. The highest BCUT2D eigenvalue weighted by Gasteiger charge is 2.34. The molecule has 1 saturated carbocycles. The second-order valence-electron chi connectivity index (χ2n) is 14.3. The Hall–Kier alpha value is -4.09. The Morgan fingerprint density at radius 2 is 1.68 bits per heavy atom. The van der Waals surface area contributed by atoms with Gasteiger partial charge in [-0.15, -0.1) is 0 Å². The van der Waals surface area contributed by atoms with Gasteiger partial charge < -0.3 is 30.4 Å². The zero-order chi connectivity index (χ0) is 35.5. The van der Waals surface area contributed by atoms with Crippen LogP contribution in [0.3, 0.4) is 0 Å². The van der Waals surface area contributed by atoms with Crippen LogP contribution in [-0.2, 0) is 36.8 Å². The van der Waals surface area contributed by atoms with E-state index in [1.165, 1.54) is 12.7 Å². The number of amides is 3. The summed E-state index contributed by atoms with van der Waals surface area (Å²) in [6, 6.07) is 12.2. The highest BCUT2D eigenvalue weighted by atomic mass is 16.5. The van der Waals surface area contributed by atoms with Crippen molar-refractivity contribution in [2.24, 2.45) is 17.8 Å². The van der Waals surface area contributed by atoms with Crippen molar-refractivity contribution in [1.29, 1.82) is 0 Å². The summed E-state index contributed by atoms with van der Waals surface area (Å²) in [6.45, 7) is 5.45. The molecule has 1 aliphatic heterocycles. The Bertz CT molecular complexity index is 1560. The van der Waals surface area contributed by atoms with Gasteiger partial charge in [-0.1, -0.05) is 88.4 Å². The first-order valence-corrected chi connectivity index (χ1v) is 18.3. The molecule has 1 aromatic heterocycles. The zero-order valence-corrected chi connectivity index (χ0v) is 29.4. The molecule has 11 heteroatoms. The quantitative estimate of drug-likeness (QED) is 0.177. The Labute approximate surface area is 294 Å². The summed E-state index contributed by atoms with van der Waals surface area (Å²) >= 11 is 0. The number of imidazole rings is 1. The van der Waals surface area contributed by atoms with E-state index < -0.39 is 35.9 Å². The number of carbonyl (C=O) groups is 4. The van der Waals surface area contributed by atoms with Gasteiger partial charge in [-0.05, 0) is 35.1 Å². The number of morpholine rings is 1. The fourth-order valence-electron chi connectivity index (χ4n) is 7.22. The Kier molecular flexibility index (Phi) is 13.6. The Balaban J connectivity index is 1.38. The van der Waals surface area contributed by atoms with Crippen molar-refractivity contribution in [2.75, 3.05) is 26.3 Å². The maximum atomic E-state index is 14.3. The molecule has 3 aromatic rings. The first-order chi connectivity index (χ1) is 24.2. The van der Waals surface area contributed by atoms with Crippen molar-refractivity contribution in [2.45, 2.75) is 96.2 Å². The first-order valence-electron chi connectivity index (χ1n) is 18.3. The summed E-state index contributed by atoms with van der Waals surface area (Å²) in [5, 5.41) is 19.4. The maximum Gasteiger partial charge on any atom is 0.243 e. The molecule has 1 aliphatic carbocycles. The normalized spacial score (nSPS) is 18.0. The predicted octanol–water partition coefficient (Wildman–Crippen LogP) is 4.13. The van der Waals surface area contributed by atoms with E-state index in [9.17, 15) is 24.3 Å². The van der Waals surface area contributed by atoms with Crippen LogP contribution < -0.4 is 10.6 Å². The van der Waals surface area contributed by atoms with Gasteiger partial charge in [0.05, 0.1) is 37.6 Å². The number of rotatable bonds is 16. The SMILES string of the molecule is CC(C)C(=O)CC(O)[C@H](CC1CCCCC1)NC(=O)[C@H](Cc1cnc[nH]1)NC(=O)C(CC(=O)N1CCOCC1)Cc1cccc2ccccc12. The van der Waals surface area contributed by atoms with Gasteiger partial charge in [-0.25, -0.2) is 4.98 Å². The molecular weight excluding hydrogens is 634 g/mol. The molecular formula is C39H53N5O6. The van der Waals surface area contributed by atoms with E-state index in [1.54, 1.807) is 24.9 Å². The number of aliphatic hydroxyl groups excluding tert-OH is 1. The van der Waals surface area contributed by atoms with Gasteiger partial charge >= 0.3 is 0 Å². The number of Topliss-reactive ketones (excluding diaryl/α,β-unsaturated/α-hetero) is 1. The average Bonchev–Trinajstić information content (AvgIpc) is 3.64. The van der Waals surface area contributed by atoms with Crippen molar-refractivity contribution in [3.8, 4) is 0 Å². The van der Waals surface area contributed by atoms with Gasteiger partial charge in [-0.3, -0.25) is 19.2 Å². The van der Waals surface area contributed by atoms with Gasteiger partial charge in [-0.2, -0.15) is 0 Å². The van der Waals surface area contributed by atoms with E-state index >= 15 is 0 Å². The summed E-state index contributed by atoms with van der Waals surface area (Å²) in [6.07, 6.45) is 8.41. The molecule has 5 rings (SSSR count). The molecule has 270 valence electrons. The van der Waals surface area contributed by atoms with Crippen LogP contribution in [0.1, 0.15) is 76.5 Å². The van der Waals surface area contributed by atoms with Crippen LogP contribution in [0.2, 0.25) is 0 Å². The fourth-order valence-corrected chi connectivity index (χ4v) is 7.22. The second-order valence-corrected chi connectivity index (χ2v) is 14.3. The van der Waals surface area contributed by atoms with E-state index in [2.05, 4.69) is 20.6 Å². The molecule has 1 saturated heterocycles. The number of benzene rings is 2. The molecule has 3 amide bonds. The molecule has 4 atom stereocenters. The summed E-state index contributed by atoms with van der Waals surface area (Å²) in [7, 11) is 0. The lowest BCUT2D eigenvalue weighted by Crippen LogP contribution is -2.55. The molecule has 2 aromatic carbocycles. The molecule has 50 heavy (non-hydrogen) atoms. The monoisotopic (exact) mass is 687 g/mol. The lowest BCUT2D eigenvalue weighted by molar-refractivity contribution is -0.140. The number of ketones is 1. The minimum atomic E-state index is -1.05. The topological polar surface area (TPSA) is 154 Å². The van der Waals surface area contributed by atoms with E-state index in [1.807, 2.05) is 42.5 Å². The largest absolute Gasteiger partial charge is 0.391 e. The van der Waals surface area contributed by atoms with Crippen molar-refractivity contribution < 1.29 is 29.0 Å². The molecule has 4 N–H and O–H groups in total. The van der Waals surface area contributed by atoms with Crippen LogP contribution >= 0.6 is 0 Å². The summed E-state index contributed by atoms with van der Waals surface area (Å²) in [4.78, 5) is 63.5. The maximum absolute atomic E-state index is 14.3. The van der Waals surface area contributed by atoms with Crippen molar-refractivity contribution >= 4 is 34.3 Å². The number of hydrogen-bond acceptors (Lipinski definition) is 7. The molecule has 0 spiro atoms. The highest BCUT2D eigenvalue weighted by molar-refractivity contribution is 5.92. The van der Waals surface area contributed by atoms with Crippen LogP contribution in [0.15, 0.2) is 55.0 Å². The van der Waals surface area contributed by atoms with Crippen LogP contribution in [0.25, 0.3) is 10.8 Å². The van der Waals surface area contributed by atoms with Crippen LogP contribution in [-0.4, -0.2) is 88.0 Å². The molecule has 2 heterocycles. The van der Waals surface area contributed by atoms with Crippen molar-refractivity contribution in [1.82, 2.24) is 25.5 Å². The predicted molar refractivity (Wildman–Crippen MR) is 191 cm³/mol. The van der Waals surface area contributed by atoms with Crippen LogP contribution in [0.4, 0.5) is 0 Å². The third kappa shape index (κ3) is 10.5. The molecule has 0 bridgehead atoms. The standard InChI is InChI=1S/C39H53N5O6/c1-26(2)35(45)23-36(46)33(19-27-9-4-3-5-10-27)42-39(49)34(22-31-24-40-25-41-31)43-38(48)30(21-37(47)44-15-17-50-18-16-44)20-29-13-8-12-28-11-6-7-14-32(28)29/h6-8,11-14,24-27,30,33-34,36,46H,3-5,9-10,15-23H2,1-2H3,(H,40,41)(H,42,49)(H,43,48)/t30?,33-,34-,36?/m0/s1. The van der Waals surface area contributed by atoms with E-state index in [4.69, 9.17) is 4.74 Å². The number of carbonyl (C=O) groups excluding carboxylic acids is 4. The highest BCUT2D eigenvalue weighted by Crippen LogP contribution is 2.29.